The van der Waals surface area contributed by atoms with Crippen LogP contribution in [0.4, 0.5) is 0 Å². The van der Waals surface area contributed by atoms with Crippen molar-refractivity contribution in [3.8, 4) is 23.3 Å². The molecule has 0 amide bonds. The van der Waals surface area contributed by atoms with E-state index in [1.807, 2.05) is 12.4 Å². The Bertz CT molecular complexity index is 3880. The van der Waals surface area contributed by atoms with Crippen molar-refractivity contribution in [2.45, 2.75) is 0 Å². The van der Waals surface area contributed by atoms with Gasteiger partial charge in [-0.15, -0.1) is 0 Å². The summed E-state index contributed by atoms with van der Waals surface area (Å²) >= 11 is 0. The molecule has 8 heteroatoms. The zero-order valence-electron chi connectivity index (χ0n) is 33.1. The van der Waals surface area contributed by atoms with Gasteiger partial charge in [0.05, 0.1) is 56.5 Å². The minimum absolute atomic E-state index is 0.570. The first-order valence-corrected chi connectivity index (χ1v) is 20.8. The van der Waals surface area contributed by atoms with Crippen LogP contribution in [0, 0.1) is 0 Å². The summed E-state index contributed by atoms with van der Waals surface area (Å²) in [5.41, 5.74) is 12.4. The molecule has 0 fully saturated rings. The molecular weight excluding hydrogens is 761 g/mol. The minimum atomic E-state index is 0.570. The highest BCUT2D eigenvalue weighted by atomic mass is 15.2. The summed E-state index contributed by atoms with van der Waals surface area (Å²) in [6, 6.07) is 64.7. The van der Waals surface area contributed by atoms with E-state index in [4.69, 9.17) is 19.9 Å². The third-order valence-corrected chi connectivity index (χ3v) is 12.7. The number of para-hydroxylation sites is 6. The van der Waals surface area contributed by atoms with Crippen molar-refractivity contribution in [1.82, 2.24) is 38.2 Å². The molecule has 0 saturated carbocycles. The number of rotatable bonds is 4. The molecule has 288 valence electrons. The molecule has 0 aliphatic carbocycles. The van der Waals surface area contributed by atoms with Crippen molar-refractivity contribution < 1.29 is 0 Å². The molecule has 0 aliphatic heterocycles. The van der Waals surface area contributed by atoms with Crippen LogP contribution in [0.15, 0.2) is 194 Å². The van der Waals surface area contributed by atoms with E-state index >= 15 is 0 Å². The van der Waals surface area contributed by atoms with Crippen molar-refractivity contribution >= 4 is 98.3 Å². The van der Waals surface area contributed by atoms with Crippen LogP contribution in [0.2, 0.25) is 0 Å². The Hall–Kier alpha value is -8.62. The van der Waals surface area contributed by atoms with Gasteiger partial charge in [-0.2, -0.15) is 0 Å². The van der Waals surface area contributed by atoms with E-state index in [1.165, 1.54) is 32.6 Å². The lowest BCUT2D eigenvalue weighted by Gasteiger charge is -2.10. The zero-order chi connectivity index (χ0) is 40.5. The van der Waals surface area contributed by atoms with Gasteiger partial charge in [-0.3, -0.25) is 9.13 Å². The van der Waals surface area contributed by atoms with Gasteiger partial charge in [0, 0.05) is 54.5 Å². The van der Waals surface area contributed by atoms with Gasteiger partial charge in [-0.1, -0.05) is 109 Å². The fourth-order valence-electron chi connectivity index (χ4n) is 10.0. The molecule has 0 bridgehead atoms. The smallest absolute Gasteiger partial charge is 0.235 e. The second kappa shape index (κ2) is 12.5. The molecule has 0 N–H and O–H groups in total. The van der Waals surface area contributed by atoms with Gasteiger partial charge in [0.25, 0.3) is 0 Å². The standard InChI is InChI=1S/C54H32N8/c1-3-15-33(16-4-1)59-45-23-11-7-19-35(45)39-29-51-41(27-49(39)59)37-21-9-13-25-47(37)61(51)53-55-31-44-43(57-53)32-56-54(58-44)62-48-26-14-10-22-38(48)42-28-50-40(30-52(42)62)36-20-8-12-24-46(36)60(50)34-17-5-2-6-18-34/h1-32H. The van der Waals surface area contributed by atoms with E-state index in [9.17, 15) is 0 Å². The summed E-state index contributed by atoms with van der Waals surface area (Å²) in [6.45, 7) is 0. The Labute approximate surface area is 352 Å². The maximum absolute atomic E-state index is 5.18. The summed E-state index contributed by atoms with van der Waals surface area (Å²) in [6.07, 6.45) is 3.67. The van der Waals surface area contributed by atoms with Crippen molar-refractivity contribution in [3.63, 3.8) is 0 Å². The third-order valence-electron chi connectivity index (χ3n) is 12.7. The van der Waals surface area contributed by atoms with Crippen LogP contribution in [-0.2, 0) is 0 Å². The summed E-state index contributed by atoms with van der Waals surface area (Å²) in [7, 11) is 0. The van der Waals surface area contributed by atoms with E-state index in [2.05, 4.69) is 200 Å². The van der Waals surface area contributed by atoms with Crippen LogP contribution in [0.3, 0.4) is 0 Å². The number of hydrogen-bond acceptors (Lipinski definition) is 4. The maximum atomic E-state index is 5.18. The van der Waals surface area contributed by atoms with E-state index in [1.54, 1.807) is 0 Å². The second-order valence-corrected chi connectivity index (χ2v) is 16.0. The largest absolute Gasteiger partial charge is 0.309 e. The topological polar surface area (TPSA) is 71.3 Å². The van der Waals surface area contributed by atoms with Crippen molar-refractivity contribution in [2.75, 3.05) is 0 Å². The molecule has 0 atom stereocenters. The summed E-state index contributed by atoms with van der Waals surface area (Å²) < 4.78 is 9.08. The van der Waals surface area contributed by atoms with Crippen LogP contribution >= 0.6 is 0 Å². The zero-order valence-corrected chi connectivity index (χ0v) is 33.1. The Morgan fingerprint density at radius 1 is 0.258 bits per heavy atom. The predicted molar refractivity (Wildman–Crippen MR) is 252 cm³/mol. The van der Waals surface area contributed by atoms with Crippen molar-refractivity contribution in [1.29, 1.82) is 0 Å². The maximum Gasteiger partial charge on any atom is 0.235 e. The highest BCUT2D eigenvalue weighted by Crippen LogP contribution is 2.41. The molecular formula is C54H32N8. The fourth-order valence-corrected chi connectivity index (χ4v) is 10.0. The van der Waals surface area contributed by atoms with Gasteiger partial charge in [0.1, 0.15) is 11.0 Å². The fraction of sp³-hybridized carbons (Fsp3) is 0. The van der Waals surface area contributed by atoms with Crippen molar-refractivity contribution in [3.05, 3.63) is 194 Å². The molecule has 6 heterocycles. The van der Waals surface area contributed by atoms with Crippen LogP contribution < -0.4 is 0 Å². The van der Waals surface area contributed by atoms with E-state index in [0.29, 0.717) is 22.9 Å². The Morgan fingerprint density at radius 2 is 0.548 bits per heavy atom. The molecule has 14 aromatic rings. The highest BCUT2D eigenvalue weighted by Gasteiger charge is 2.22. The minimum Gasteiger partial charge on any atom is -0.309 e. The molecule has 0 radical (unpaired) electrons. The quantitative estimate of drug-likeness (QED) is 0.178. The molecule has 0 unspecified atom stereocenters. The highest BCUT2D eigenvalue weighted by molar-refractivity contribution is 6.20. The van der Waals surface area contributed by atoms with E-state index in [0.717, 1.165) is 66.0 Å². The van der Waals surface area contributed by atoms with Gasteiger partial charge in [-0.05, 0) is 72.8 Å². The number of nitrogens with zero attached hydrogens (tertiary/aromatic N) is 8. The third kappa shape index (κ3) is 4.55. The van der Waals surface area contributed by atoms with E-state index in [-0.39, 0.29) is 0 Å². The van der Waals surface area contributed by atoms with Crippen LogP contribution in [0.1, 0.15) is 0 Å². The lowest BCUT2D eigenvalue weighted by Crippen LogP contribution is -2.05. The number of fused-ring (bicyclic) bond motifs is 13. The summed E-state index contributed by atoms with van der Waals surface area (Å²) in [5, 5.41) is 9.27. The van der Waals surface area contributed by atoms with Crippen LogP contribution in [0.25, 0.3) is 122 Å². The first-order valence-electron chi connectivity index (χ1n) is 20.8. The average Bonchev–Trinajstić information content (AvgIpc) is 4.05. The molecule has 6 aromatic heterocycles. The molecule has 0 saturated heterocycles. The molecule has 0 spiro atoms. The van der Waals surface area contributed by atoms with Gasteiger partial charge in [-0.25, -0.2) is 19.9 Å². The number of aromatic nitrogens is 8. The van der Waals surface area contributed by atoms with Gasteiger partial charge in [0.2, 0.25) is 11.9 Å². The van der Waals surface area contributed by atoms with Gasteiger partial charge in [0.15, 0.2) is 0 Å². The van der Waals surface area contributed by atoms with Crippen LogP contribution in [-0.4, -0.2) is 38.2 Å². The number of hydrogen-bond donors (Lipinski definition) is 0. The first-order chi connectivity index (χ1) is 30.8. The number of benzene rings is 8. The first kappa shape index (κ1) is 33.2. The SMILES string of the molecule is c1ccc(-n2c3ccccc3c3cc4c(cc32)c2ccccc2n4-c2ncc3nc(-n4c5ccccc5c5cc6c(cc54)c4ccccc4n6-c4ccccc4)ncc3n2)cc1. The predicted octanol–water partition coefficient (Wildman–Crippen LogP) is 12.8. The Balaban J connectivity index is 0.963. The molecule has 0 aliphatic rings. The van der Waals surface area contributed by atoms with Crippen LogP contribution in [0.5, 0.6) is 0 Å². The Morgan fingerprint density at radius 3 is 0.903 bits per heavy atom. The van der Waals surface area contributed by atoms with Crippen molar-refractivity contribution in [2.24, 2.45) is 0 Å². The normalized spacial score (nSPS) is 12.2. The Kier molecular flexibility index (Phi) is 6.68. The van der Waals surface area contributed by atoms with Gasteiger partial charge >= 0.3 is 0 Å². The molecule has 8 nitrogen and oxygen atoms in total. The average molecular weight is 793 g/mol. The lowest BCUT2D eigenvalue weighted by atomic mass is 10.1. The second-order valence-electron chi connectivity index (χ2n) is 16.0. The molecule has 8 aromatic carbocycles. The molecule has 14 rings (SSSR count). The van der Waals surface area contributed by atoms with Gasteiger partial charge < -0.3 is 9.13 Å². The molecule has 62 heavy (non-hydrogen) atoms. The monoisotopic (exact) mass is 792 g/mol. The van der Waals surface area contributed by atoms with E-state index < -0.39 is 0 Å². The summed E-state index contributed by atoms with van der Waals surface area (Å²) in [4.78, 5) is 20.4. The summed E-state index contributed by atoms with van der Waals surface area (Å²) in [5.74, 6) is 1.14. The lowest BCUT2D eigenvalue weighted by molar-refractivity contribution is 0.975.